The van der Waals surface area contributed by atoms with Crippen LogP contribution in [0.25, 0.3) is 0 Å². The lowest BCUT2D eigenvalue weighted by molar-refractivity contribution is -0.139. The summed E-state index contributed by atoms with van der Waals surface area (Å²) < 4.78 is 5.31. The Morgan fingerprint density at radius 3 is 2.47 bits per heavy atom. The molecule has 17 heavy (non-hydrogen) atoms. The number of rotatable bonds is 9. The van der Waals surface area contributed by atoms with Gasteiger partial charge >= 0.3 is 5.97 Å². The Kier molecular flexibility index (Phi) is 8.35. The molecule has 0 saturated carbocycles. The average Bonchev–Trinajstić information content (AvgIpc) is 2.24. The van der Waals surface area contributed by atoms with Gasteiger partial charge in [-0.15, -0.1) is 0 Å². The first-order chi connectivity index (χ1) is 7.93. The number of ether oxygens (including phenoxy) is 1. The minimum atomic E-state index is -0.969. The zero-order valence-electron chi connectivity index (χ0n) is 10.7. The second-order valence-corrected chi connectivity index (χ2v) is 4.06. The molecule has 0 fully saturated rings. The van der Waals surface area contributed by atoms with E-state index in [1.165, 1.54) is 6.92 Å². The summed E-state index contributed by atoms with van der Waals surface area (Å²) in [7, 11) is 0. The Bertz CT molecular complexity index is 244. The Balaban J connectivity index is 3.44. The number of carboxylic acid groups (broad SMARTS) is 1. The summed E-state index contributed by atoms with van der Waals surface area (Å²) >= 11 is 0. The van der Waals surface area contributed by atoms with Gasteiger partial charge in [-0.2, -0.15) is 0 Å². The van der Waals surface area contributed by atoms with Crippen molar-refractivity contribution < 1.29 is 19.4 Å². The van der Waals surface area contributed by atoms with Crippen molar-refractivity contribution in [1.82, 2.24) is 10.6 Å². The van der Waals surface area contributed by atoms with Crippen LogP contribution in [0.3, 0.4) is 0 Å². The summed E-state index contributed by atoms with van der Waals surface area (Å²) in [6, 6.07) is -0.718. The second kappa shape index (κ2) is 8.95. The number of nitrogens with one attached hydrogen (secondary N) is 2. The van der Waals surface area contributed by atoms with Crippen LogP contribution in [-0.4, -0.2) is 48.8 Å². The van der Waals surface area contributed by atoms with Gasteiger partial charge in [0.05, 0.1) is 12.6 Å². The zero-order chi connectivity index (χ0) is 13.3. The van der Waals surface area contributed by atoms with Crippen LogP contribution in [0, 0.1) is 0 Å². The van der Waals surface area contributed by atoms with Crippen molar-refractivity contribution in [2.75, 3.05) is 19.7 Å². The normalized spacial score (nSPS) is 12.5. The topological polar surface area (TPSA) is 87.7 Å². The van der Waals surface area contributed by atoms with Gasteiger partial charge in [0.15, 0.2) is 0 Å². The van der Waals surface area contributed by atoms with E-state index in [2.05, 4.69) is 10.6 Å². The van der Waals surface area contributed by atoms with Crippen LogP contribution in [-0.2, 0) is 14.3 Å². The molecule has 6 heteroatoms. The minimum absolute atomic E-state index is 0.0124. The highest BCUT2D eigenvalue weighted by atomic mass is 16.5. The first kappa shape index (κ1) is 15.9. The van der Waals surface area contributed by atoms with E-state index < -0.39 is 12.0 Å². The Morgan fingerprint density at radius 2 is 1.94 bits per heavy atom. The second-order valence-electron chi connectivity index (χ2n) is 4.06. The van der Waals surface area contributed by atoms with E-state index in [1.54, 1.807) is 0 Å². The molecule has 100 valence electrons. The molecule has 0 saturated heterocycles. The zero-order valence-corrected chi connectivity index (χ0v) is 10.7. The molecule has 0 bridgehead atoms. The Hall–Kier alpha value is -1.14. The lowest BCUT2D eigenvalue weighted by Gasteiger charge is -2.10. The van der Waals surface area contributed by atoms with Gasteiger partial charge in [0.25, 0.3) is 0 Å². The van der Waals surface area contributed by atoms with Gasteiger partial charge in [0, 0.05) is 13.2 Å². The number of amides is 1. The van der Waals surface area contributed by atoms with Crippen molar-refractivity contribution in [3.05, 3.63) is 0 Å². The smallest absolute Gasteiger partial charge is 0.320 e. The van der Waals surface area contributed by atoms with E-state index in [9.17, 15) is 9.59 Å². The Morgan fingerprint density at radius 1 is 1.29 bits per heavy atom. The number of carbonyl (C=O) groups is 2. The maximum atomic E-state index is 11.3. The number of aliphatic carboxylic acids is 1. The largest absolute Gasteiger partial charge is 0.480 e. The molecule has 6 nitrogen and oxygen atoms in total. The highest BCUT2D eigenvalue weighted by Gasteiger charge is 2.11. The van der Waals surface area contributed by atoms with Crippen molar-refractivity contribution in [3.8, 4) is 0 Å². The first-order valence-electron chi connectivity index (χ1n) is 5.78. The monoisotopic (exact) mass is 246 g/mol. The van der Waals surface area contributed by atoms with Gasteiger partial charge in [-0.05, 0) is 27.2 Å². The van der Waals surface area contributed by atoms with Crippen LogP contribution in [0.15, 0.2) is 0 Å². The Labute approximate surface area is 102 Å². The van der Waals surface area contributed by atoms with Gasteiger partial charge in [0.2, 0.25) is 5.91 Å². The van der Waals surface area contributed by atoms with E-state index in [-0.39, 0.29) is 18.6 Å². The third kappa shape index (κ3) is 9.77. The van der Waals surface area contributed by atoms with Crippen molar-refractivity contribution in [3.63, 3.8) is 0 Å². The van der Waals surface area contributed by atoms with Crippen LogP contribution >= 0.6 is 0 Å². The standard InChI is InChI=1S/C11H22N2O4/c1-8(2)17-6-4-5-12-10(14)7-13-9(3)11(15)16/h8-9,13H,4-7H2,1-3H3,(H,12,14)(H,15,16)/t9-/m1/s1. The van der Waals surface area contributed by atoms with Crippen LogP contribution < -0.4 is 10.6 Å². The quantitative estimate of drug-likeness (QED) is 0.498. The highest BCUT2D eigenvalue weighted by Crippen LogP contribution is 1.89. The molecule has 0 aliphatic carbocycles. The first-order valence-corrected chi connectivity index (χ1v) is 5.78. The molecule has 0 aromatic heterocycles. The summed E-state index contributed by atoms with van der Waals surface area (Å²) in [5.74, 6) is -1.18. The maximum Gasteiger partial charge on any atom is 0.320 e. The molecule has 1 amide bonds. The van der Waals surface area contributed by atoms with E-state index in [4.69, 9.17) is 9.84 Å². The minimum Gasteiger partial charge on any atom is -0.480 e. The fourth-order valence-corrected chi connectivity index (χ4v) is 1.01. The third-order valence-electron chi connectivity index (χ3n) is 2.03. The molecule has 0 unspecified atom stereocenters. The summed E-state index contributed by atoms with van der Waals surface area (Å²) in [6.45, 7) is 6.56. The summed E-state index contributed by atoms with van der Waals surface area (Å²) in [5, 5.41) is 13.9. The predicted octanol–water partition coefficient (Wildman–Crippen LogP) is -0.0196. The number of hydrogen-bond donors (Lipinski definition) is 3. The van der Waals surface area contributed by atoms with Crippen LogP contribution in [0.5, 0.6) is 0 Å². The van der Waals surface area contributed by atoms with Gasteiger partial charge in [-0.1, -0.05) is 0 Å². The van der Waals surface area contributed by atoms with Gasteiger partial charge in [-0.3, -0.25) is 14.9 Å². The molecule has 0 spiro atoms. The number of carboxylic acids is 1. The SMILES string of the molecule is CC(C)OCCCNC(=O)CN[C@H](C)C(=O)O. The summed E-state index contributed by atoms with van der Waals surface area (Å²) in [6.07, 6.45) is 0.946. The molecule has 0 rings (SSSR count). The van der Waals surface area contributed by atoms with E-state index >= 15 is 0 Å². The lowest BCUT2D eigenvalue weighted by Crippen LogP contribution is -2.41. The van der Waals surface area contributed by atoms with Crippen molar-refractivity contribution in [2.45, 2.75) is 39.3 Å². The average molecular weight is 246 g/mol. The molecule has 1 atom stereocenters. The maximum absolute atomic E-state index is 11.3. The van der Waals surface area contributed by atoms with Crippen LogP contribution in [0.1, 0.15) is 27.2 Å². The van der Waals surface area contributed by atoms with Crippen molar-refractivity contribution in [2.24, 2.45) is 0 Å². The molecule has 0 aliphatic rings. The molecule has 0 aromatic carbocycles. The lowest BCUT2D eigenvalue weighted by atomic mass is 10.3. The van der Waals surface area contributed by atoms with Crippen LogP contribution in [0.4, 0.5) is 0 Å². The van der Waals surface area contributed by atoms with E-state index in [0.29, 0.717) is 13.2 Å². The highest BCUT2D eigenvalue weighted by molar-refractivity contribution is 5.79. The van der Waals surface area contributed by atoms with Crippen LogP contribution in [0.2, 0.25) is 0 Å². The van der Waals surface area contributed by atoms with E-state index in [0.717, 1.165) is 6.42 Å². The van der Waals surface area contributed by atoms with Crippen molar-refractivity contribution in [1.29, 1.82) is 0 Å². The van der Waals surface area contributed by atoms with Gasteiger partial charge < -0.3 is 15.2 Å². The molecular weight excluding hydrogens is 224 g/mol. The fraction of sp³-hybridized carbons (Fsp3) is 0.818. The van der Waals surface area contributed by atoms with Gasteiger partial charge in [-0.25, -0.2) is 0 Å². The molecule has 3 N–H and O–H groups in total. The molecule has 0 aromatic rings. The fourth-order valence-electron chi connectivity index (χ4n) is 1.01. The molecule has 0 radical (unpaired) electrons. The molecule has 0 aliphatic heterocycles. The molecule has 0 heterocycles. The van der Waals surface area contributed by atoms with Gasteiger partial charge in [0.1, 0.15) is 6.04 Å². The summed E-state index contributed by atoms with van der Waals surface area (Å²) in [5.41, 5.74) is 0. The number of carbonyl (C=O) groups excluding carboxylic acids is 1. The molecular formula is C11H22N2O4. The van der Waals surface area contributed by atoms with Crippen molar-refractivity contribution >= 4 is 11.9 Å². The van der Waals surface area contributed by atoms with E-state index in [1.807, 2.05) is 13.8 Å². The number of hydrogen-bond acceptors (Lipinski definition) is 4. The summed E-state index contributed by atoms with van der Waals surface area (Å²) in [4.78, 5) is 21.7. The third-order valence-corrected chi connectivity index (χ3v) is 2.03. The predicted molar refractivity (Wildman–Crippen MR) is 63.8 cm³/mol.